The first-order valence-corrected chi connectivity index (χ1v) is 10.4. The van der Waals surface area contributed by atoms with Crippen molar-refractivity contribution in [2.75, 3.05) is 32.0 Å². The van der Waals surface area contributed by atoms with Crippen LogP contribution >= 0.6 is 11.3 Å². The third-order valence-corrected chi connectivity index (χ3v) is 6.94. The summed E-state index contributed by atoms with van der Waals surface area (Å²) in [6.45, 7) is 1.44. The van der Waals surface area contributed by atoms with Crippen LogP contribution in [0.4, 0.5) is 5.69 Å². The van der Waals surface area contributed by atoms with Crippen molar-refractivity contribution in [3.05, 3.63) is 35.2 Å². The van der Waals surface area contributed by atoms with Gasteiger partial charge in [-0.25, -0.2) is 8.42 Å². The number of carbonyl (C=O) groups is 1. The van der Waals surface area contributed by atoms with Crippen LogP contribution in [0.5, 0.6) is 11.5 Å². The number of anilines is 1. The van der Waals surface area contributed by atoms with E-state index in [1.165, 1.54) is 20.3 Å². The van der Waals surface area contributed by atoms with Crippen LogP contribution in [0.25, 0.3) is 0 Å². The van der Waals surface area contributed by atoms with E-state index in [1.807, 2.05) is 0 Å². The van der Waals surface area contributed by atoms with Crippen LogP contribution in [-0.2, 0) is 10.0 Å². The number of nitrogens with one attached hydrogen (secondary N) is 1. The molecule has 0 bridgehead atoms. The molecule has 0 spiro atoms. The van der Waals surface area contributed by atoms with Crippen molar-refractivity contribution in [3.63, 3.8) is 0 Å². The van der Waals surface area contributed by atoms with Crippen molar-refractivity contribution in [1.82, 2.24) is 4.90 Å². The number of hydrogen-bond donors (Lipinski definition) is 1. The van der Waals surface area contributed by atoms with Crippen LogP contribution < -0.4 is 14.2 Å². The van der Waals surface area contributed by atoms with E-state index in [0.29, 0.717) is 22.7 Å². The molecule has 0 saturated carbocycles. The summed E-state index contributed by atoms with van der Waals surface area (Å²) in [6, 6.07) is 6.22. The van der Waals surface area contributed by atoms with Gasteiger partial charge in [-0.3, -0.25) is 9.52 Å². The number of rotatable bonds is 6. The molecule has 9 heteroatoms. The SMILES string of the molecule is COc1ccc(NS(=O)(=O)c2cc(C(=O)N3CCCC3)cs2)c(OC)c1. The number of sulfonamides is 1. The fourth-order valence-corrected chi connectivity index (χ4v) is 4.97. The second-order valence-electron chi connectivity index (χ2n) is 5.83. The molecule has 1 N–H and O–H groups in total. The highest BCUT2D eigenvalue weighted by Crippen LogP contribution is 2.32. The highest BCUT2D eigenvalue weighted by molar-refractivity contribution is 7.94. The predicted octanol–water partition coefficient (Wildman–Crippen LogP) is 2.80. The highest BCUT2D eigenvalue weighted by Gasteiger charge is 2.24. The van der Waals surface area contributed by atoms with E-state index in [1.54, 1.807) is 28.5 Å². The Morgan fingerprint density at radius 2 is 1.88 bits per heavy atom. The monoisotopic (exact) mass is 396 g/mol. The Bertz CT molecular complexity index is 902. The summed E-state index contributed by atoms with van der Waals surface area (Å²) in [6.07, 6.45) is 1.97. The predicted molar refractivity (Wildman–Crippen MR) is 99.8 cm³/mol. The number of thiophene rings is 1. The molecule has 1 aromatic heterocycles. The lowest BCUT2D eigenvalue weighted by molar-refractivity contribution is 0.0793. The Morgan fingerprint density at radius 3 is 2.54 bits per heavy atom. The first-order valence-electron chi connectivity index (χ1n) is 8.07. The molecule has 2 heterocycles. The Balaban J connectivity index is 1.82. The Labute approximate surface area is 156 Å². The molecule has 2 aromatic rings. The first-order chi connectivity index (χ1) is 12.4. The van der Waals surface area contributed by atoms with Crippen molar-refractivity contribution >= 4 is 33.0 Å². The van der Waals surface area contributed by atoms with Crippen molar-refractivity contribution in [2.24, 2.45) is 0 Å². The number of carbonyl (C=O) groups excluding carboxylic acids is 1. The van der Waals surface area contributed by atoms with Crippen LogP contribution in [0.15, 0.2) is 33.9 Å². The molecule has 1 aromatic carbocycles. The van der Waals surface area contributed by atoms with Gasteiger partial charge >= 0.3 is 0 Å². The van der Waals surface area contributed by atoms with E-state index in [0.717, 1.165) is 37.3 Å². The van der Waals surface area contributed by atoms with Gasteiger partial charge in [-0.05, 0) is 31.0 Å². The summed E-state index contributed by atoms with van der Waals surface area (Å²) in [5, 5.41) is 1.58. The smallest absolute Gasteiger partial charge is 0.271 e. The lowest BCUT2D eigenvalue weighted by Gasteiger charge is -2.13. The number of likely N-dealkylation sites (tertiary alicyclic amines) is 1. The van der Waals surface area contributed by atoms with Gasteiger partial charge in [0.2, 0.25) is 0 Å². The maximum Gasteiger partial charge on any atom is 0.271 e. The molecule has 140 valence electrons. The molecule has 1 aliphatic rings. The molecule has 1 fully saturated rings. The molecule has 26 heavy (non-hydrogen) atoms. The molecule has 0 unspecified atom stereocenters. The van der Waals surface area contributed by atoms with Crippen LogP contribution in [0.2, 0.25) is 0 Å². The van der Waals surface area contributed by atoms with Crippen LogP contribution in [0, 0.1) is 0 Å². The van der Waals surface area contributed by atoms with Crippen molar-refractivity contribution < 1.29 is 22.7 Å². The maximum absolute atomic E-state index is 12.7. The molecular weight excluding hydrogens is 376 g/mol. The maximum atomic E-state index is 12.7. The third-order valence-electron chi connectivity index (χ3n) is 4.13. The van der Waals surface area contributed by atoms with Gasteiger partial charge < -0.3 is 14.4 Å². The van der Waals surface area contributed by atoms with E-state index in [9.17, 15) is 13.2 Å². The zero-order chi connectivity index (χ0) is 18.7. The zero-order valence-electron chi connectivity index (χ0n) is 14.5. The molecule has 1 amide bonds. The standard InChI is InChI=1S/C17H20N2O5S2/c1-23-13-5-6-14(15(10-13)24-2)18-26(21,22)16-9-12(11-25-16)17(20)19-7-3-4-8-19/h5-6,9-11,18H,3-4,7-8H2,1-2H3. The Hall–Kier alpha value is -2.26. The molecule has 0 atom stereocenters. The zero-order valence-corrected chi connectivity index (χ0v) is 16.2. The molecule has 1 saturated heterocycles. The highest BCUT2D eigenvalue weighted by atomic mass is 32.2. The van der Waals surface area contributed by atoms with Gasteiger partial charge in [-0.1, -0.05) is 0 Å². The van der Waals surface area contributed by atoms with Crippen LogP contribution in [0.1, 0.15) is 23.2 Å². The third kappa shape index (κ3) is 3.78. The molecule has 0 aliphatic carbocycles. The van der Waals surface area contributed by atoms with Crippen LogP contribution in [-0.4, -0.2) is 46.5 Å². The second kappa shape index (κ2) is 7.55. The van der Waals surface area contributed by atoms with Gasteiger partial charge in [-0.15, -0.1) is 11.3 Å². The van der Waals surface area contributed by atoms with E-state index in [2.05, 4.69) is 4.72 Å². The summed E-state index contributed by atoms with van der Waals surface area (Å²) in [5.41, 5.74) is 0.702. The lowest BCUT2D eigenvalue weighted by Crippen LogP contribution is -2.27. The van der Waals surface area contributed by atoms with Crippen LogP contribution in [0.3, 0.4) is 0 Å². The van der Waals surface area contributed by atoms with Gasteiger partial charge in [0.05, 0.1) is 25.5 Å². The minimum absolute atomic E-state index is 0.0814. The van der Waals surface area contributed by atoms with Gasteiger partial charge in [0.25, 0.3) is 15.9 Å². The largest absolute Gasteiger partial charge is 0.497 e. The number of methoxy groups -OCH3 is 2. The van der Waals surface area contributed by atoms with Crippen molar-refractivity contribution in [1.29, 1.82) is 0 Å². The summed E-state index contributed by atoms with van der Waals surface area (Å²) < 4.78 is 38.2. The quantitative estimate of drug-likeness (QED) is 0.812. The molecule has 3 rings (SSSR count). The lowest BCUT2D eigenvalue weighted by atomic mass is 10.3. The fourth-order valence-electron chi connectivity index (χ4n) is 2.75. The van der Waals surface area contributed by atoms with E-state index in [4.69, 9.17) is 9.47 Å². The van der Waals surface area contributed by atoms with Crippen molar-refractivity contribution in [3.8, 4) is 11.5 Å². The number of hydrogen-bond acceptors (Lipinski definition) is 6. The molecular formula is C17H20N2O5S2. The van der Waals surface area contributed by atoms with E-state index >= 15 is 0 Å². The number of benzene rings is 1. The second-order valence-corrected chi connectivity index (χ2v) is 8.65. The fraction of sp³-hybridized carbons (Fsp3) is 0.353. The minimum Gasteiger partial charge on any atom is -0.497 e. The van der Waals surface area contributed by atoms with Crippen molar-refractivity contribution in [2.45, 2.75) is 17.1 Å². The summed E-state index contributed by atoms with van der Waals surface area (Å²) in [4.78, 5) is 14.1. The number of nitrogens with zero attached hydrogens (tertiary/aromatic N) is 1. The topological polar surface area (TPSA) is 84.9 Å². The number of amides is 1. The molecule has 0 radical (unpaired) electrons. The van der Waals surface area contributed by atoms with E-state index in [-0.39, 0.29) is 10.1 Å². The average Bonchev–Trinajstić information content (AvgIpc) is 3.33. The number of ether oxygens (including phenoxy) is 2. The van der Waals surface area contributed by atoms with Gasteiger partial charge in [0.1, 0.15) is 15.7 Å². The summed E-state index contributed by atoms with van der Waals surface area (Å²) in [5.74, 6) is 0.777. The summed E-state index contributed by atoms with van der Waals surface area (Å²) in [7, 11) is -0.859. The molecule has 7 nitrogen and oxygen atoms in total. The summed E-state index contributed by atoms with van der Waals surface area (Å²) >= 11 is 1.02. The average molecular weight is 396 g/mol. The van der Waals surface area contributed by atoms with E-state index < -0.39 is 10.0 Å². The first kappa shape index (κ1) is 18.5. The molecule has 1 aliphatic heterocycles. The Morgan fingerprint density at radius 1 is 1.15 bits per heavy atom. The Kier molecular flexibility index (Phi) is 5.38. The minimum atomic E-state index is -3.82. The van der Waals surface area contributed by atoms with Gasteiger partial charge in [0, 0.05) is 24.5 Å². The van der Waals surface area contributed by atoms with Gasteiger partial charge in [0.15, 0.2) is 0 Å². The van der Waals surface area contributed by atoms with Gasteiger partial charge in [-0.2, -0.15) is 0 Å². The normalized spacial score (nSPS) is 14.3.